The second kappa shape index (κ2) is 6.08. The van der Waals surface area contributed by atoms with Gasteiger partial charge in [0.1, 0.15) is 0 Å². The highest BCUT2D eigenvalue weighted by Crippen LogP contribution is 2.24. The Morgan fingerprint density at radius 1 is 0.833 bits per heavy atom. The van der Waals surface area contributed by atoms with Crippen LogP contribution in [0.1, 0.15) is 11.3 Å². The summed E-state index contributed by atoms with van der Waals surface area (Å²) in [6.45, 7) is 0. The fraction of sp³-hybridized carbons (Fsp3) is 0.0500. The highest BCUT2D eigenvalue weighted by atomic mass is 16.1. The minimum absolute atomic E-state index is 0.163. The molecule has 4 heteroatoms. The van der Waals surface area contributed by atoms with Crippen LogP contribution in [-0.4, -0.2) is 15.2 Å². The van der Waals surface area contributed by atoms with Gasteiger partial charge in [0.15, 0.2) is 0 Å². The lowest BCUT2D eigenvalue weighted by molar-refractivity contribution is 0.932. The van der Waals surface area contributed by atoms with Gasteiger partial charge in [0.25, 0.3) is 5.56 Å². The second-order valence-corrected chi connectivity index (χ2v) is 5.60. The van der Waals surface area contributed by atoms with Crippen LogP contribution in [0.15, 0.2) is 77.7 Å². The first kappa shape index (κ1) is 14.3. The Labute approximate surface area is 138 Å². The molecular weight excluding hydrogens is 298 g/mol. The van der Waals surface area contributed by atoms with Crippen molar-refractivity contribution in [3.8, 4) is 11.3 Å². The van der Waals surface area contributed by atoms with Crippen molar-refractivity contribution in [3.63, 3.8) is 0 Å². The molecule has 2 heterocycles. The Kier molecular flexibility index (Phi) is 3.63. The predicted molar refractivity (Wildman–Crippen MR) is 94.8 cm³/mol. The van der Waals surface area contributed by atoms with E-state index in [1.54, 1.807) is 6.20 Å². The molecule has 0 unspecified atom stereocenters. The number of pyridine rings is 1. The number of fused-ring (bicyclic) bond motifs is 1. The average molecular weight is 313 g/mol. The van der Waals surface area contributed by atoms with Crippen LogP contribution < -0.4 is 5.56 Å². The number of nitrogens with zero attached hydrogens (tertiary/aromatic N) is 2. The van der Waals surface area contributed by atoms with Gasteiger partial charge in [-0.2, -0.15) is 5.10 Å². The Bertz CT molecular complexity index is 1050. The number of rotatable bonds is 3. The molecule has 4 aromatic rings. The molecular formula is C20H15N3O. The van der Waals surface area contributed by atoms with Gasteiger partial charge in [0.2, 0.25) is 0 Å². The van der Waals surface area contributed by atoms with Crippen LogP contribution in [0.4, 0.5) is 0 Å². The van der Waals surface area contributed by atoms with E-state index >= 15 is 0 Å². The summed E-state index contributed by atoms with van der Waals surface area (Å²) < 4.78 is 0. The third-order valence-electron chi connectivity index (χ3n) is 4.07. The zero-order chi connectivity index (χ0) is 16.4. The van der Waals surface area contributed by atoms with Crippen LogP contribution in [-0.2, 0) is 6.42 Å². The number of hydrogen-bond acceptors (Lipinski definition) is 3. The molecule has 0 amide bonds. The Morgan fingerprint density at radius 3 is 2.42 bits per heavy atom. The van der Waals surface area contributed by atoms with E-state index < -0.39 is 0 Å². The molecule has 0 aliphatic carbocycles. The third kappa shape index (κ3) is 2.58. The smallest absolute Gasteiger partial charge is 0.267 e. The number of H-pyrrole nitrogens is 1. The summed E-state index contributed by atoms with van der Waals surface area (Å²) in [5.74, 6) is 0. The normalized spacial score (nSPS) is 10.8. The number of hydrogen-bond donors (Lipinski definition) is 1. The highest BCUT2D eigenvalue weighted by molar-refractivity contribution is 5.83. The first-order valence-electron chi connectivity index (χ1n) is 7.78. The van der Waals surface area contributed by atoms with E-state index in [4.69, 9.17) is 0 Å². The van der Waals surface area contributed by atoms with Gasteiger partial charge >= 0.3 is 0 Å². The molecule has 0 spiro atoms. The van der Waals surface area contributed by atoms with Crippen molar-refractivity contribution >= 4 is 10.8 Å². The summed E-state index contributed by atoms with van der Waals surface area (Å²) in [5.41, 5.74) is 3.77. The summed E-state index contributed by atoms with van der Waals surface area (Å²) >= 11 is 0. The number of aromatic amines is 1. The van der Waals surface area contributed by atoms with Gasteiger partial charge in [0, 0.05) is 23.6 Å². The quantitative estimate of drug-likeness (QED) is 0.629. The molecule has 0 aliphatic rings. The van der Waals surface area contributed by atoms with Crippen molar-refractivity contribution in [1.29, 1.82) is 0 Å². The maximum atomic E-state index is 11.9. The Morgan fingerprint density at radius 2 is 1.58 bits per heavy atom. The average Bonchev–Trinajstić information content (AvgIpc) is 2.65. The van der Waals surface area contributed by atoms with E-state index in [1.165, 1.54) is 0 Å². The van der Waals surface area contributed by atoms with E-state index in [2.05, 4.69) is 21.2 Å². The van der Waals surface area contributed by atoms with E-state index in [0.29, 0.717) is 11.8 Å². The maximum Gasteiger partial charge on any atom is 0.272 e. The van der Waals surface area contributed by atoms with Crippen LogP contribution in [0.3, 0.4) is 0 Å². The minimum atomic E-state index is -0.163. The summed E-state index contributed by atoms with van der Waals surface area (Å²) in [4.78, 5) is 16.5. The fourth-order valence-corrected chi connectivity index (χ4v) is 2.92. The second-order valence-electron chi connectivity index (χ2n) is 5.60. The van der Waals surface area contributed by atoms with E-state index in [1.807, 2.05) is 60.7 Å². The van der Waals surface area contributed by atoms with Gasteiger partial charge < -0.3 is 0 Å². The van der Waals surface area contributed by atoms with Crippen LogP contribution in [0.25, 0.3) is 22.0 Å². The monoisotopic (exact) mass is 313 g/mol. The van der Waals surface area contributed by atoms with Crippen LogP contribution in [0, 0.1) is 0 Å². The largest absolute Gasteiger partial charge is 0.272 e. The predicted octanol–water partition coefficient (Wildman–Crippen LogP) is 3.58. The molecule has 4 nitrogen and oxygen atoms in total. The minimum Gasteiger partial charge on any atom is -0.267 e. The van der Waals surface area contributed by atoms with Gasteiger partial charge in [-0.25, -0.2) is 5.10 Å². The molecule has 1 N–H and O–H groups in total. The molecule has 0 atom stereocenters. The molecule has 0 bridgehead atoms. The van der Waals surface area contributed by atoms with Crippen molar-refractivity contribution < 1.29 is 0 Å². The molecule has 0 saturated heterocycles. The molecule has 0 fully saturated rings. The molecule has 2 aromatic heterocycles. The molecule has 2 aromatic carbocycles. The molecule has 0 saturated carbocycles. The summed E-state index contributed by atoms with van der Waals surface area (Å²) in [6.07, 6.45) is 2.40. The lowest BCUT2D eigenvalue weighted by atomic mass is 10.00. The van der Waals surface area contributed by atoms with Crippen molar-refractivity contribution in [3.05, 3.63) is 94.5 Å². The van der Waals surface area contributed by atoms with Gasteiger partial charge in [-0.05, 0) is 17.7 Å². The van der Waals surface area contributed by atoms with Gasteiger partial charge in [-0.15, -0.1) is 0 Å². The molecule has 0 aliphatic heterocycles. The zero-order valence-corrected chi connectivity index (χ0v) is 12.9. The first-order chi connectivity index (χ1) is 11.8. The van der Waals surface area contributed by atoms with Crippen LogP contribution in [0.2, 0.25) is 0 Å². The third-order valence-corrected chi connectivity index (χ3v) is 4.07. The topological polar surface area (TPSA) is 58.6 Å². The first-order valence-corrected chi connectivity index (χ1v) is 7.78. The van der Waals surface area contributed by atoms with Gasteiger partial charge in [-0.3, -0.25) is 9.78 Å². The van der Waals surface area contributed by atoms with Crippen molar-refractivity contribution in [2.75, 3.05) is 0 Å². The summed E-state index contributed by atoms with van der Waals surface area (Å²) in [5, 5.41) is 8.41. The highest BCUT2D eigenvalue weighted by Gasteiger charge is 2.11. The lowest BCUT2D eigenvalue weighted by Crippen LogP contribution is -2.11. The molecule has 0 radical (unpaired) electrons. The van der Waals surface area contributed by atoms with Crippen LogP contribution in [0.5, 0.6) is 0 Å². The van der Waals surface area contributed by atoms with Gasteiger partial charge in [0.05, 0.1) is 16.8 Å². The van der Waals surface area contributed by atoms with Crippen molar-refractivity contribution in [2.24, 2.45) is 0 Å². The van der Waals surface area contributed by atoms with E-state index in [-0.39, 0.29) is 5.56 Å². The Balaban J connectivity index is 1.83. The molecule has 24 heavy (non-hydrogen) atoms. The maximum absolute atomic E-state index is 11.9. The summed E-state index contributed by atoms with van der Waals surface area (Å²) in [6, 6.07) is 21.6. The SMILES string of the molecule is O=c1[nH]nc(Cc2cccnc2-c2ccccc2)c2ccccc12. The Hall–Kier alpha value is -3.27. The van der Waals surface area contributed by atoms with Crippen molar-refractivity contribution in [1.82, 2.24) is 15.2 Å². The number of nitrogens with one attached hydrogen (secondary N) is 1. The van der Waals surface area contributed by atoms with Gasteiger partial charge in [-0.1, -0.05) is 54.6 Å². The molecule has 4 rings (SSSR count). The van der Waals surface area contributed by atoms with Crippen molar-refractivity contribution in [2.45, 2.75) is 6.42 Å². The van der Waals surface area contributed by atoms with Crippen LogP contribution >= 0.6 is 0 Å². The van der Waals surface area contributed by atoms with E-state index in [0.717, 1.165) is 27.9 Å². The number of aromatic nitrogens is 3. The fourth-order valence-electron chi connectivity index (χ4n) is 2.92. The zero-order valence-electron chi connectivity index (χ0n) is 12.9. The summed E-state index contributed by atoms with van der Waals surface area (Å²) in [7, 11) is 0. The lowest BCUT2D eigenvalue weighted by Gasteiger charge is -2.09. The standard InChI is InChI=1S/C20H15N3O/c24-20-17-11-5-4-10-16(17)18(22-23-20)13-15-9-6-12-21-19(15)14-7-2-1-3-8-14/h1-12H,13H2,(H,23,24). The van der Waals surface area contributed by atoms with E-state index in [9.17, 15) is 4.79 Å². The number of benzene rings is 2. The molecule has 116 valence electrons.